The van der Waals surface area contributed by atoms with Crippen LogP contribution in [0.25, 0.3) is 6.08 Å². The summed E-state index contributed by atoms with van der Waals surface area (Å²) in [6.45, 7) is 0. The van der Waals surface area contributed by atoms with Crippen molar-refractivity contribution in [2.45, 2.75) is 6.42 Å². The highest BCUT2D eigenvalue weighted by Crippen LogP contribution is 2.01. The van der Waals surface area contributed by atoms with Crippen LogP contribution >= 0.6 is 0 Å². The summed E-state index contributed by atoms with van der Waals surface area (Å²) in [4.78, 5) is 10.1. The number of allylic oxidation sites excluding steroid dienone is 2. The molecule has 0 bridgehead atoms. The fourth-order valence-corrected chi connectivity index (χ4v) is 1.02. The predicted octanol–water partition coefficient (Wildman–Crippen LogP) is 2.73. The Hall–Kier alpha value is -1.83. The molecular weight excluding hydrogens is 176 g/mol. The number of aliphatic carboxylic acids is 1. The molecule has 2 nitrogen and oxygen atoms in total. The van der Waals surface area contributed by atoms with Crippen LogP contribution in [0.3, 0.4) is 0 Å². The number of hydrogen-bond acceptors (Lipinski definition) is 1. The molecule has 0 radical (unpaired) electrons. The van der Waals surface area contributed by atoms with Gasteiger partial charge >= 0.3 is 5.97 Å². The summed E-state index contributed by atoms with van der Waals surface area (Å²) in [7, 11) is 0. The largest absolute Gasteiger partial charge is 0.478 e. The Morgan fingerprint density at radius 1 is 1.21 bits per heavy atom. The predicted molar refractivity (Wildman–Crippen MR) is 56.9 cm³/mol. The quantitative estimate of drug-likeness (QED) is 0.737. The van der Waals surface area contributed by atoms with Crippen molar-refractivity contribution in [1.82, 2.24) is 0 Å². The van der Waals surface area contributed by atoms with E-state index in [4.69, 9.17) is 5.11 Å². The van der Waals surface area contributed by atoms with Gasteiger partial charge in [0.1, 0.15) is 0 Å². The summed E-state index contributed by atoms with van der Waals surface area (Å²) in [6, 6.07) is 9.88. The van der Waals surface area contributed by atoms with Gasteiger partial charge in [0.05, 0.1) is 0 Å². The van der Waals surface area contributed by atoms with Gasteiger partial charge in [0.15, 0.2) is 0 Å². The number of hydrogen-bond donors (Lipinski definition) is 1. The molecule has 0 unspecified atom stereocenters. The summed E-state index contributed by atoms with van der Waals surface area (Å²) in [5.41, 5.74) is 1.12. The van der Waals surface area contributed by atoms with Crippen molar-refractivity contribution in [3.8, 4) is 0 Å². The molecular formula is C12H12O2. The monoisotopic (exact) mass is 188 g/mol. The summed E-state index contributed by atoms with van der Waals surface area (Å²) in [5, 5.41) is 8.32. The topological polar surface area (TPSA) is 37.3 Å². The SMILES string of the molecule is O=C(O)/C=C/CC=Cc1ccccc1. The van der Waals surface area contributed by atoms with Crippen molar-refractivity contribution in [1.29, 1.82) is 0 Å². The highest BCUT2D eigenvalue weighted by molar-refractivity contribution is 5.79. The van der Waals surface area contributed by atoms with E-state index in [0.29, 0.717) is 6.42 Å². The van der Waals surface area contributed by atoms with Gasteiger partial charge in [0, 0.05) is 6.08 Å². The molecule has 0 saturated carbocycles. The average molecular weight is 188 g/mol. The minimum Gasteiger partial charge on any atom is -0.478 e. The molecule has 0 aliphatic rings. The first-order chi connectivity index (χ1) is 6.79. The lowest BCUT2D eigenvalue weighted by Crippen LogP contribution is -1.84. The number of carboxylic acids is 1. The number of carboxylic acid groups (broad SMARTS) is 1. The summed E-state index contributed by atoms with van der Waals surface area (Å²) in [6.07, 6.45) is 7.29. The lowest BCUT2D eigenvalue weighted by molar-refractivity contribution is -0.131. The van der Waals surface area contributed by atoms with Gasteiger partial charge < -0.3 is 5.11 Å². The van der Waals surface area contributed by atoms with E-state index < -0.39 is 5.97 Å². The highest BCUT2D eigenvalue weighted by atomic mass is 16.4. The number of carbonyl (C=O) groups is 1. The van der Waals surface area contributed by atoms with Crippen LogP contribution in [0.5, 0.6) is 0 Å². The van der Waals surface area contributed by atoms with E-state index >= 15 is 0 Å². The van der Waals surface area contributed by atoms with Crippen LogP contribution in [-0.2, 0) is 4.79 Å². The van der Waals surface area contributed by atoms with Crippen LogP contribution in [0, 0.1) is 0 Å². The molecule has 0 fully saturated rings. The molecule has 0 spiro atoms. The van der Waals surface area contributed by atoms with E-state index in [1.165, 1.54) is 0 Å². The highest BCUT2D eigenvalue weighted by Gasteiger charge is 1.83. The van der Waals surface area contributed by atoms with E-state index in [2.05, 4.69) is 0 Å². The van der Waals surface area contributed by atoms with E-state index in [0.717, 1.165) is 11.6 Å². The van der Waals surface area contributed by atoms with Crippen molar-refractivity contribution in [2.24, 2.45) is 0 Å². The first-order valence-electron chi connectivity index (χ1n) is 4.40. The second kappa shape index (κ2) is 5.75. The summed E-state index contributed by atoms with van der Waals surface area (Å²) >= 11 is 0. The van der Waals surface area contributed by atoms with Crippen molar-refractivity contribution in [3.05, 3.63) is 54.1 Å². The van der Waals surface area contributed by atoms with Gasteiger partial charge in [-0.25, -0.2) is 4.79 Å². The number of benzene rings is 1. The van der Waals surface area contributed by atoms with E-state index in [1.807, 2.05) is 42.5 Å². The van der Waals surface area contributed by atoms with E-state index in [-0.39, 0.29) is 0 Å². The molecule has 1 aromatic rings. The molecule has 1 aromatic carbocycles. The fraction of sp³-hybridized carbons (Fsp3) is 0.0833. The Kier molecular flexibility index (Phi) is 4.21. The molecule has 0 aliphatic heterocycles. The fourth-order valence-electron chi connectivity index (χ4n) is 1.02. The third-order valence-corrected chi connectivity index (χ3v) is 1.64. The minimum atomic E-state index is -0.905. The van der Waals surface area contributed by atoms with Gasteiger partial charge in [-0.1, -0.05) is 48.6 Å². The van der Waals surface area contributed by atoms with E-state index in [1.54, 1.807) is 6.08 Å². The van der Waals surface area contributed by atoms with Gasteiger partial charge in [-0.2, -0.15) is 0 Å². The molecule has 1 N–H and O–H groups in total. The Balaban J connectivity index is 2.39. The van der Waals surface area contributed by atoms with Crippen LogP contribution in [0.15, 0.2) is 48.6 Å². The maximum absolute atomic E-state index is 10.1. The van der Waals surface area contributed by atoms with Crippen molar-refractivity contribution in [3.63, 3.8) is 0 Å². The second-order valence-corrected chi connectivity index (χ2v) is 2.79. The van der Waals surface area contributed by atoms with Crippen LogP contribution in [-0.4, -0.2) is 11.1 Å². The molecule has 72 valence electrons. The molecule has 0 heterocycles. The first-order valence-corrected chi connectivity index (χ1v) is 4.40. The maximum atomic E-state index is 10.1. The van der Waals surface area contributed by atoms with Crippen LogP contribution in [0.2, 0.25) is 0 Å². The molecule has 0 saturated heterocycles. The van der Waals surface area contributed by atoms with Crippen LogP contribution < -0.4 is 0 Å². The summed E-state index contributed by atoms with van der Waals surface area (Å²) in [5.74, 6) is -0.905. The third kappa shape index (κ3) is 4.26. The van der Waals surface area contributed by atoms with Gasteiger partial charge in [-0.15, -0.1) is 0 Å². The van der Waals surface area contributed by atoms with Crippen molar-refractivity contribution < 1.29 is 9.90 Å². The smallest absolute Gasteiger partial charge is 0.327 e. The van der Waals surface area contributed by atoms with Crippen molar-refractivity contribution in [2.75, 3.05) is 0 Å². The number of rotatable bonds is 4. The molecule has 0 amide bonds. The third-order valence-electron chi connectivity index (χ3n) is 1.64. The normalized spacial score (nSPS) is 11.1. The van der Waals surface area contributed by atoms with Crippen molar-refractivity contribution >= 4 is 12.0 Å². The lowest BCUT2D eigenvalue weighted by Gasteiger charge is -1.89. The standard InChI is InChI=1S/C12H12O2/c13-12(14)10-6-2-5-9-11-7-3-1-4-8-11/h1,3-10H,2H2,(H,13,14)/b9-5?,10-6+. The van der Waals surface area contributed by atoms with Gasteiger partial charge in [0.2, 0.25) is 0 Å². The van der Waals surface area contributed by atoms with Gasteiger partial charge in [-0.3, -0.25) is 0 Å². The molecule has 14 heavy (non-hydrogen) atoms. The molecule has 0 atom stereocenters. The first kappa shape index (κ1) is 10.3. The second-order valence-electron chi connectivity index (χ2n) is 2.79. The molecule has 2 heteroatoms. The Labute approximate surface area is 83.2 Å². The average Bonchev–Trinajstić information content (AvgIpc) is 2.18. The maximum Gasteiger partial charge on any atom is 0.327 e. The minimum absolute atomic E-state index is 0.640. The zero-order valence-electron chi connectivity index (χ0n) is 7.76. The van der Waals surface area contributed by atoms with Gasteiger partial charge in [0.25, 0.3) is 0 Å². The molecule has 0 aliphatic carbocycles. The van der Waals surface area contributed by atoms with E-state index in [9.17, 15) is 4.79 Å². The zero-order chi connectivity index (χ0) is 10.2. The molecule has 0 aromatic heterocycles. The summed E-state index contributed by atoms with van der Waals surface area (Å²) < 4.78 is 0. The van der Waals surface area contributed by atoms with Crippen LogP contribution in [0.4, 0.5) is 0 Å². The zero-order valence-corrected chi connectivity index (χ0v) is 7.76. The Morgan fingerprint density at radius 2 is 1.93 bits per heavy atom. The van der Waals surface area contributed by atoms with Gasteiger partial charge in [-0.05, 0) is 12.0 Å². The lowest BCUT2D eigenvalue weighted by atomic mass is 10.2. The Bertz CT molecular complexity index is 337. The van der Waals surface area contributed by atoms with Crippen LogP contribution in [0.1, 0.15) is 12.0 Å². The molecule has 1 rings (SSSR count). The Morgan fingerprint density at radius 3 is 2.57 bits per heavy atom.